The van der Waals surface area contributed by atoms with E-state index >= 15 is 0 Å². The molecule has 2 aromatic rings. The van der Waals surface area contributed by atoms with Crippen molar-refractivity contribution in [3.8, 4) is 0 Å². The highest BCUT2D eigenvalue weighted by atomic mass is 16.6. The Balaban J connectivity index is 2.09. The predicted molar refractivity (Wildman–Crippen MR) is 71.4 cm³/mol. The molecule has 0 fully saturated rings. The maximum absolute atomic E-state index is 10.7. The highest BCUT2D eigenvalue weighted by Crippen LogP contribution is 2.17. The zero-order valence-corrected chi connectivity index (χ0v) is 9.87. The van der Waals surface area contributed by atoms with Crippen LogP contribution in [0, 0.1) is 10.1 Å². The largest absolute Gasteiger partial charge is 0.399 e. The molecule has 0 aliphatic heterocycles. The lowest BCUT2D eigenvalue weighted by molar-refractivity contribution is -0.384. The van der Waals surface area contributed by atoms with Crippen molar-refractivity contribution in [3.63, 3.8) is 0 Å². The number of non-ortho nitro benzene ring substituents is 1. The van der Waals surface area contributed by atoms with Crippen LogP contribution in [0.4, 0.5) is 11.4 Å². The molecule has 0 heterocycles. The van der Waals surface area contributed by atoms with Crippen LogP contribution in [0.3, 0.4) is 0 Å². The molecule has 18 heavy (non-hydrogen) atoms. The molecule has 92 valence electrons. The van der Waals surface area contributed by atoms with Gasteiger partial charge in [-0.1, -0.05) is 30.3 Å². The molecule has 0 saturated heterocycles. The van der Waals surface area contributed by atoms with Crippen molar-refractivity contribution in [1.82, 2.24) is 0 Å². The number of hydrogen-bond acceptors (Lipinski definition) is 3. The summed E-state index contributed by atoms with van der Waals surface area (Å²) in [6.07, 6.45) is 1.53. The lowest BCUT2D eigenvalue weighted by atomic mass is 10.0. The molecule has 0 unspecified atom stereocenters. The van der Waals surface area contributed by atoms with Gasteiger partial charge in [0.15, 0.2) is 0 Å². The lowest BCUT2D eigenvalue weighted by Gasteiger charge is -2.05. The fraction of sp³-hybridized carbons (Fsp3) is 0.143. The number of benzene rings is 2. The maximum Gasteiger partial charge on any atom is 0.269 e. The Kier molecular flexibility index (Phi) is 3.57. The van der Waals surface area contributed by atoms with Gasteiger partial charge in [-0.15, -0.1) is 0 Å². The van der Waals surface area contributed by atoms with E-state index in [0.29, 0.717) is 0 Å². The number of para-hydroxylation sites is 1. The normalized spacial score (nSPS) is 10.2. The Bertz CT molecular complexity index is 567. The number of nitro groups is 1. The fourth-order valence-electron chi connectivity index (χ4n) is 1.87. The number of rotatable bonds is 4. The van der Waals surface area contributed by atoms with E-state index in [1.807, 2.05) is 30.3 Å². The van der Waals surface area contributed by atoms with Crippen molar-refractivity contribution in [3.05, 3.63) is 69.8 Å². The molecule has 0 atom stereocenters. The van der Waals surface area contributed by atoms with Crippen LogP contribution in [-0.4, -0.2) is 4.92 Å². The SMILES string of the molecule is Nc1ccccc1CCc1cccc([N+](=O)[O-])c1. The Labute approximate surface area is 105 Å². The fourth-order valence-corrected chi connectivity index (χ4v) is 1.87. The minimum Gasteiger partial charge on any atom is -0.399 e. The lowest BCUT2D eigenvalue weighted by Crippen LogP contribution is -1.97. The molecule has 0 amide bonds. The van der Waals surface area contributed by atoms with Gasteiger partial charge in [-0.2, -0.15) is 0 Å². The number of hydrogen-bond donors (Lipinski definition) is 1. The van der Waals surface area contributed by atoms with Crippen LogP contribution in [-0.2, 0) is 12.8 Å². The van der Waals surface area contributed by atoms with E-state index in [1.165, 1.54) is 6.07 Å². The first-order valence-electron chi connectivity index (χ1n) is 5.73. The summed E-state index contributed by atoms with van der Waals surface area (Å²) in [6, 6.07) is 14.4. The van der Waals surface area contributed by atoms with Gasteiger partial charge in [0.2, 0.25) is 0 Å². The standard InChI is InChI=1S/C14H14N2O2/c15-14-7-2-1-5-12(14)9-8-11-4-3-6-13(10-11)16(17)18/h1-7,10H,8-9,15H2. The van der Waals surface area contributed by atoms with Crippen molar-refractivity contribution >= 4 is 11.4 Å². The second-order valence-electron chi connectivity index (χ2n) is 4.13. The van der Waals surface area contributed by atoms with E-state index < -0.39 is 0 Å². The smallest absolute Gasteiger partial charge is 0.269 e. The summed E-state index contributed by atoms with van der Waals surface area (Å²) < 4.78 is 0. The molecule has 0 spiro atoms. The number of nitrogen functional groups attached to an aromatic ring is 1. The van der Waals surface area contributed by atoms with E-state index in [-0.39, 0.29) is 10.6 Å². The highest BCUT2D eigenvalue weighted by molar-refractivity contribution is 5.46. The van der Waals surface area contributed by atoms with E-state index in [1.54, 1.807) is 12.1 Å². The molecule has 0 bridgehead atoms. The molecule has 2 N–H and O–H groups in total. The van der Waals surface area contributed by atoms with Crippen LogP contribution in [0.5, 0.6) is 0 Å². The second kappa shape index (κ2) is 5.31. The average Bonchev–Trinajstić information content (AvgIpc) is 2.38. The summed E-state index contributed by atoms with van der Waals surface area (Å²) in [5.74, 6) is 0. The van der Waals surface area contributed by atoms with Gasteiger partial charge < -0.3 is 5.73 Å². The Morgan fingerprint density at radius 2 is 1.83 bits per heavy atom. The highest BCUT2D eigenvalue weighted by Gasteiger charge is 2.06. The molecular weight excluding hydrogens is 228 g/mol. The number of nitrogens with zero attached hydrogens (tertiary/aromatic N) is 1. The van der Waals surface area contributed by atoms with Gasteiger partial charge in [0.1, 0.15) is 0 Å². The van der Waals surface area contributed by atoms with Gasteiger partial charge in [-0.05, 0) is 30.0 Å². The first-order valence-corrected chi connectivity index (χ1v) is 5.73. The monoisotopic (exact) mass is 242 g/mol. The van der Waals surface area contributed by atoms with Gasteiger partial charge in [0.05, 0.1) is 4.92 Å². The predicted octanol–water partition coefficient (Wildman–Crippen LogP) is 2.96. The molecule has 2 rings (SSSR count). The molecule has 4 heteroatoms. The summed E-state index contributed by atoms with van der Waals surface area (Å²) in [6.45, 7) is 0. The molecule has 4 nitrogen and oxygen atoms in total. The summed E-state index contributed by atoms with van der Waals surface area (Å²) in [5, 5.41) is 10.7. The van der Waals surface area contributed by atoms with Crippen LogP contribution in [0.15, 0.2) is 48.5 Å². The maximum atomic E-state index is 10.7. The molecular formula is C14H14N2O2. The van der Waals surface area contributed by atoms with Crippen LogP contribution in [0.1, 0.15) is 11.1 Å². The summed E-state index contributed by atoms with van der Waals surface area (Å²) in [7, 11) is 0. The van der Waals surface area contributed by atoms with E-state index in [2.05, 4.69) is 0 Å². The van der Waals surface area contributed by atoms with Crippen LogP contribution < -0.4 is 5.73 Å². The van der Waals surface area contributed by atoms with Crippen molar-refractivity contribution in [2.24, 2.45) is 0 Å². The van der Waals surface area contributed by atoms with Crippen molar-refractivity contribution in [2.75, 3.05) is 5.73 Å². The third kappa shape index (κ3) is 2.85. The second-order valence-corrected chi connectivity index (χ2v) is 4.13. The zero-order chi connectivity index (χ0) is 13.0. The summed E-state index contributed by atoms with van der Waals surface area (Å²) >= 11 is 0. The molecule has 0 aliphatic rings. The number of nitrogens with two attached hydrogens (primary N) is 1. The molecule has 0 aromatic heterocycles. The molecule has 0 aliphatic carbocycles. The van der Waals surface area contributed by atoms with Gasteiger partial charge >= 0.3 is 0 Å². The van der Waals surface area contributed by atoms with Gasteiger partial charge in [0, 0.05) is 17.8 Å². The van der Waals surface area contributed by atoms with Gasteiger partial charge in [-0.25, -0.2) is 0 Å². The molecule has 0 saturated carbocycles. The first-order chi connectivity index (χ1) is 8.66. The van der Waals surface area contributed by atoms with E-state index in [0.717, 1.165) is 29.7 Å². The zero-order valence-electron chi connectivity index (χ0n) is 9.87. The van der Waals surface area contributed by atoms with Crippen LogP contribution in [0.25, 0.3) is 0 Å². The molecule has 0 radical (unpaired) electrons. The number of anilines is 1. The number of nitro benzene ring substituents is 1. The third-order valence-electron chi connectivity index (χ3n) is 2.86. The topological polar surface area (TPSA) is 69.2 Å². The minimum atomic E-state index is -0.375. The minimum absolute atomic E-state index is 0.133. The summed E-state index contributed by atoms with van der Waals surface area (Å²) in [4.78, 5) is 10.3. The van der Waals surface area contributed by atoms with Crippen LogP contribution >= 0.6 is 0 Å². The Morgan fingerprint density at radius 3 is 2.56 bits per heavy atom. The average molecular weight is 242 g/mol. The van der Waals surface area contributed by atoms with Crippen molar-refractivity contribution in [1.29, 1.82) is 0 Å². The summed E-state index contributed by atoms with van der Waals surface area (Å²) in [5.41, 5.74) is 8.78. The first kappa shape index (κ1) is 12.1. The Hall–Kier alpha value is -2.36. The van der Waals surface area contributed by atoms with E-state index in [9.17, 15) is 10.1 Å². The van der Waals surface area contributed by atoms with Gasteiger partial charge in [-0.3, -0.25) is 10.1 Å². The Morgan fingerprint density at radius 1 is 1.06 bits per heavy atom. The number of aryl methyl sites for hydroxylation is 2. The molecule has 2 aromatic carbocycles. The van der Waals surface area contributed by atoms with Gasteiger partial charge in [0.25, 0.3) is 5.69 Å². The van der Waals surface area contributed by atoms with E-state index in [4.69, 9.17) is 5.73 Å². The van der Waals surface area contributed by atoms with Crippen molar-refractivity contribution < 1.29 is 4.92 Å². The quantitative estimate of drug-likeness (QED) is 0.509. The third-order valence-corrected chi connectivity index (χ3v) is 2.86. The van der Waals surface area contributed by atoms with Crippen molar-refractivity contribution in [2.45, 2.75) is 12.8 Å². The van der Waals surface area contributed by atoms with Crippen LogP contribution in [0.2, 0.25) is 0 Å².